The Bertz CT molecular complexity index is 1620. The van der Waals surface area contributed by atoms with Crippen LogP contribution in [0.4, 0.5) is 10.1 Å². The van der Waals surface area contributed by atoms with E-state index in [0.717, 1.165) is 35.5 Å². The summed E-state index contributed by atoms with van der Waals surface area (Å²) in [5.41, 5.74) is 1.71. The van der Waals surface area contributed by atoms with Gasteiger partial charge in [0.1, 0.15) is 12.5 Å². The zero-order valence-corrected chi connectivity index (χ0v) is 28.6. The maximum absolute atomic E-state index is 13.6. The number of fused-ring (bicyclic) bond motifs is 3. The standard InChI is InChI=1S/C32H43ClFN3O4SSi/c1-32(2,3)20-42(39,40)26-15-22-11-12-35(21-41-13-14-43(4,5)6)30(22)29(17-26)37-24-8-9-25(37)19-36(18-24)31(38)27-10-7-23(34)16-28(27)33/h7,10-12,15-17,24-25H,8-9,13-14,18-21H2,1-6H3. The number of carbonyl (C=O) groups is 1. The van der Waals surface area contributed by atoms with Gasteiger partial charge in [-0.1, -0.05) is 52.0 Å². The third kappa shape index (κ3) is 7.13. The maximum atomic E-state index is 13.6. The van der Waals surface area contributed by atoms with Crippen LogP contribution >= 0.6 is 11.6 Å². The van der Waals surface area contributed by atoms with Crippen LogP contribution in [-0.2, 0) is 21.3 Å². The molecule has 234 valence electrons. The summed E-state index contributed by atoms with van der Waals surface area (Å²) in [5, 5.41) is 0.958. The van der Waals surface area contributed by atoms with E-state index in [2.05, 4.69) is 29.1 Å². The van der Waals surface area contributed by atoms with Gasteiger partial charge in [-0.2, -0.15) is 0 Å². The van der Waals surface area contributed by atoms with E-state index >= 15 is 0 Å². The molecule has 11 heteroatoms. The summed E-state index contributed by atoms with van der Waals surface area (Å²) in [4.78, 5) is 17.9. The topological polar surface area (TPSA) is 71.9 Å². The summed E-state index contributed by atoms with van der Waals surface area (Å²) in [6.45, 7) is 14.8. The number of carbonyl (C=O) groups excluding carboxylic acids is 1. The Kier molecular flexibility index (Phi) is 8.81. The van der Waals surface area contributed by atoms with E-state index in [0.29, 0.717) is 31.3 Å². The summed E-state index contributed by atoms with van der Waals surface area (Å²) in [6, 6.07) is 10.5. The van der Waals surface area contributed by atoms with Gasteiger partial charge in [0.05, 0.1) is 32.4 Å². The zero-order chi connectivity index (χ0) is 31.3. The lowest BCUT2D eigenvalue weighted by atomic mass is 10.0. The van der Waals surface area contributed by atoms with Crippen LogP contribution in [0.2, 0.25) is 30.7 Å². The lowest BCUT2D eigenvalue weighted by Gasteiger charge is -2.43. The van der Waals surface area contributed by atoms with Gasteiger partial charge in [-0.3, -0.25) is 4.79 Å². The second-order valence-corrected chi connectivity index (χ2v) is 22.5. The summed E-state index contributed by atoms with van der Waals surface area (Å²) in [7, 11) is -4.80. The van der Waals surface area contributed by atoms with Gasteiger partial charge in [-0.15, -0.1) is 0 Å². The number of nitrogens with zero attached hydrogens (tertiary/aromatic N) is 3. The largest absolute Gasteiger partial charge is 0.361 e. The van der Waals surface area contributed by atoms with E-state index in [-0.39, 0.29) is 34.3 Å². The summed E-state index contributed by atoms with van der Waals surface area (Å²) in [6.07, 6.45) is 3.72. The number of sulfone groups is 1. The zero-order valence-electron chi connectivity index (χ0n) is 26.0. The number of anilines is 1. The molecule has 2 bridgehead atoms. The average molecular weight is 648 g/mol. The first-order valence-electron chi connectivity index (χ1n) is 15.0. The van der Waals surface area contributed by atoms with E-state index in [1.165, 1.54) is 18.2 Å². The fourth-order valence-corrected chi connectivity index (χ4v) is 9.18. The molecule has 0 saturated carbocycles. The molecule has 2 saturated heterocycles. The molecule has 3 aromatic rings. The van der Waals surface area contributed by atoms with Crippen LogP contribution in [0.25, 0.3) is 10.9 Å². The molecule has 2 aliphatic heterocycles. The molecule has 0 spiro atoms. The van der Waals surface area contributed by atoms with Gasteiger partial charge in [0.25, 0.3) is 5.91 Å². The molecule has 0 N–H and O–H groups in total. The van der Waals surface area contributed by atoms with Crippen LogP contribution in [0, 0.1) is 11.2 Å². The van der Waals surface area contributed by atoms with Gasteiger partial charge in [0, 0.05) is 51.4 Å². The van der Waals surface area contributed by atoms with Crippen LogP contribution in [-0.4, -0.2) is 69.4 Å². The van der Waals surface area contributed by atoms with Gasteiger partial charge in [-0.05, 0) is 60.7 Å². The second kappa shape index (κ2) is 11.8. The summed E-state index contributed by atoms with van der Waals surface area (Å²) >= 11 is 6.24. The molecule has 0 aliphatic carbocycles. The Morgan fingerprint density at radius 2 is 1.74 bits per heavy atom. The second-order valence-electron chi connectivity index (χ2n) is 14.5. The van der Waals surface area contributed by atoms with E-state index in [1.54, 1.807) is 11.0 Å². The quantitative estimate of drug-likeness (QED) is 0.184. The smallest absolute Gasteiger partial charge is 0.255 e. The highest BCUT2D eigenvalue weighted by atomic mass is 35.5. The Labute approximate surface area is 260 Å². The normalized spacial score (nSPS) is 19.4. The molecule has 1 amide bonds. The monoisotopic (exact) mass is 647 g/mol. The van der Waals surface area contributed by atoms with Crippen molar-refractivity contribution in [2.45, 2.75) is 83.0 Å². The number of benzene rings is 2. The molecule has 2 fully saturated rings. The van der Waals surface area contributed by atoms with Crippen molar-refractivity contribution >= 4 is 52.0 Å². The van der Waals surface area contributed by atoms with E-state index in [4.69, 9.17) is 16.3 Å². The lowest BCUT2D eigenvalue weighted by molar-refractivity contribution is 0.0718. The van der Waals surface area contributed by atoms with Crippen LogP contribution in [0.3, 0.4) is 0 Å². The first kappa shape index (κ1) is 32.0. The minimum Gasteiger partial charge on any atom is -0.361 e. The van der Waals surface area contributed by atoms with Crippen molar-refractivity contribution in [3.05, 3.63) is 59.0 Å². The predicted octanol–water partition coefficient (Wildman–Crippen LogP) is 7.06. The van der Waals surface area contributed by atoms with Crippen molar-refractivity contribution in [1.29, 1.82) is 0 Å². The highest BCUT2D eigenvalue weighted by Crippen LogP contribution is 2.41. The molecule has 5 rings (SSSR count). The first-order chi connectivity index (χ1) is 20.0. The highest BCUT2D eigenvalue weighted by Gasteiger charge is 2.43. The van der Waals surface area contributed by atoms with Gasteiger partial charge in [0.15, 0.2) is 9.84 Å². The van der Waals surface area contributed by atoms with E-state index < -0.39 is 29.1 Å². The van der Waals surface area contributed by atoms with E-state index in [9.17, 15) is 17.6 Å². The summed E-state index contributed by atoms with van der Waals surface area (Å²) in [5.74, 6) is -0.657. The molecule has 43 heavy (non-hydrogen) atoms. The number of ether oxygens (including phenoxy) is 1. The number of rotatable bonds is 9. The summed E-state index contributed by atoms with van der Waals surface area (Å²) < 4.78 is 49.1. The van der Waals surface area contributed by atoms with Crippen molar-refractivity contribution in [3.63, 3.8) is 0 Å². The fourth-order valence-electron chi connectivity index (χ4n) is 6.27. The highest BCUT2D eigenvalue weighted by molar-refractivity contribution is 7.91. The molecule has 2 aliphatic rings. The molecule has 7 nitrogen and oxygen atoms in total. The molecule has 2 aromatic carbocycles. The Hall–Kier alpha value is -2.40. The van der Waals surface area contributed by atoms with Crippen molar-refractivity contribution in [2.24, 2.45) is 5.41 Å². The predicted molar refractivity (Wildman–Crippen MR) is 174 cm³/mol. The minimum absolute atomic E-state index is 0.00172. The van der Waals surface area contributed by atoms with E-state index in [1.807, 2.05) is 39.1 Å². The molecule has 3 heterocycles. The van der Waals surface area contributed by atoms with Gasteiger partial charge in [-0.25, -0.2) is 12.8 Å². The number of hydrogen-bond acceptors (Lipinski definition) is 5. The van der Waals surface area contributed by atoms with Gasteiger partial charge >= 0.3 is 0 Å². The van der Waals surface area contributed by atoms with Gasteiger partial charge < -0.3 is 19.1 Å². The van der Waals surface area contributed by atoms with Crippen LogP contribution < -0.4 is 4.90 Å². The Morgan fingerprint density at radius 1 is 1.07 bits per heavy atom. The van der Waals surface area contributed by atoms with Crippen LogP contribution in [0.1, 0.15) is 44.0 Å². The first-order valence-corrected chi connectivity index (χ1v) is 20.7. The fraction of sp³-hybridized carbons (Fsp3) is 0.531. The maximum Gasteiger partial charge on any atom is 0.255 e. The van der Waals surface area contributed by atoms with Crippen molar-refractivity contribution in [1.82, 2.24) is 9.47 Å². The van der Waals surface area contributed by atoms with Crippen molar-refractivity contribution < 1.29 is 22.3 Å². The molecular formula is C32H43ClFN3O4SSi. The molecule has 2 atom stereocenters. The number of amides is 1. The van der Waals surface area contributed by atoms with Crippen molar-refractivity contribution in [3.8, 4) is 0 Å². The number of hydrogen-bond donors (Lipinski definition) is 0. The number of aromatic nitrogens is 1. The number of likely N-dealkylation sites (tertiary alicyclic amines) is 1. The van der Waals surface area contributed by atoms with Crippen molar-refractivity contribution in [2.75, 3.05) is 30.3 Å². The Morgan fingerprint density at radius 3 is 2.35 bits per heavy atom. The minimum atomic E-state index is -3.55. The third-order valence-electron chi connectivity index (χ3n) is 8.23. The van der Waals surface area contributed by atoms with Gasteiger partial charge in [0.2, 0.25) is 0 Å². The number of halogens is 2. The lowest BCUT2D eigenvalue weighted by Crippen LogP contribution is -2.55. The van der Waals surface area contributed by atoms with Crippen LogP contribution in [0.15, 0.2) is 47.5 Å². The SMILES string of the molecule is CC(C)(C)CS(=O)(=O)c1cc(N2C3CCC2CN(C(=O)c2ccc(F)cc2Cl)C3)c2c(ccn2COCC[Si](C)(C)C)c1. The molecule has 2 unspecified atom stereocenters. The average Bonchev–Trinajstić information content (AvgIpc) is 3.41. The Balaban J connectivity index is 1.50. The number of piperazine rings is 1. The third-order valence-corrected chi connectivity index (χ3v) is 12.4. The molecule has 1 aromatic heterocycles. The van der Waals surface area contributed by atoms with Crippen LogP contribution in [0.5, 0.6) is 0 Å². The molecular weight excluding hydrogens is 605 g/mol. The molecule has 0 radical (unpaired) electrons.